The molecule has 3 aliphatic rings. The predicted octanol–water partition coefficient (Wildman–Crippen LogP) is -2.15. The molecule has 1 aliphatic heterocycles. The number of hydrogen-bond acceptors (Lipinski definition) is 10. The van der Waals surface area contributed by atoms with E-state index in [9.17, 15) is 40.9 Å². The van der Waals surface area contributed by atoms with Crippen molar-refractivity contribution in [2.45, 2.75) is 100 Å². The van der Waals surface area contributed by atoms with Crippen LogP contribution in [-0.2, 0) is 9.47 Å². The van der Waals surface area contributed by atoms with Crippen LogP contribution in [0.5, 0.6) is 0 Å². The van der Waals surface area contributed by atoms with E-state index >= 15 is 0 Å². The van der Waals surface area contributed by atoms with Gasteiger partial charge in [0, 0.05) is 0 Å². The number of aliphatic hydroxyl groups is 8. The molecule has 31 heavy (non-hydrogen) atoms. The van der Waals surface area contributed by atoms with Crippen molar-refractivity contribution in [2.24, 2.45) is 17.8 Å². The third-order valence-electron chi connectivity index (χ3n) is 8.07. The first kappa shape index (κ1) is 25.2. The molecule has 0 unspecified atom stereocenters. The molecule has 3 rings (SSSR count). The Morgan fingerprint density at radius 2 is 1.61 bits per heavy atom. The van der Waals surface area contributed by atoms with Crippen molar-refractivity contribution in [3.63, 3.8) is 0 Å². The summed E-state index contributed by atoms with van der Waals surface area (Å²) in [7, 11) is 0. The van der Waals surface area contributed by atoms with Gasteiger partial charge in [-0.15, -0.1) is 0 Å². The Morgan fingerprint density at radius 1 is 0.968 bits per heavy atom. The third-order valence-corrected chi connectivity index (χ3v) is 8.07. The van der Waals surface area contributed by atoms with Crippen molar-refractivity contribution >= 4 is 0 Å². The summed E-state index contributed by atoms with van der Waals surface area (Å²) in [5.74, 6) is -1.25. The van der Waals surface area contributed by atoms with E-state index in [-0.39, 0.29) is 18.8 Å². The van der Waals surface area contributed by atoms with Crippen LogP contribution >= 0.6 is 0 Å². The van der Waals surface area contributed by atoms with E-state index in [1.165, 1.54) is 6.92 Å². The summed E-state index contributed by atoms with van der Waals surface area (Å²) in [5.41, 5.74) is -3.86. The maximum atomic E-state index is 11.1. The van der Waals surface area contributed by atoms with Gasteiger partial charge in [0.25, 0.3) is 0 Å². The quantitative estimate of drug-likeness (QED) is 0.230. The van der Waals surface area contributed by atoms with Crippen LogP contribution in [0.4, 0.5) is 0 Å². The van der Waals surface area contributed by atoms with E-state index in [4.69, 9.17) is 9.47 Å². The van der Waals surface area contributed by atoms with Crippen molar-refractivity contribution in [2.75, 3.05) is 13.2 Å². The number of rotatable bonds is 5. The maximum absolute atomic E-state index is 11.1. The molecule has 10 heteroatoms. The van der Waals surface area contributed by atoms with E-state index in [2.05, 4.69) is 0 Å². The molecule has 3 fully saturated rings. The Bertz CT molecular complexity index is 625. The van der Waals surface area contributed by atoms with Gasteiger partial charge in [-0.3, -0.25) is 0 Å². The van der Waals surface area contributed by atoms with E-state index in [0.29, 0.717) is 12.8 Å². The SMILES string of the molecule is CC(C)(O[C@H]1O[C@@H](CO)[C@@H](O)[C@@H](O)[C@H]1O)[C@@H]1CC[C@](O)(CO)[C@@H]2C[C@H](O)[C@](C)(O)[C@@H]2C1. The van der Waals surface area contributed by atoms with E-state index in [1.54, 1.807) is 13.8 Å². The first-order valence-electron chi connectivity index (χ1n) is 11.0. The van der Waals surface area contributed by atoms with Crippen LogP contribution in [0, 0.1) is 17.8 Å². The molecule has 0 bridgehead atoms. The van der Waals surface area contributed by atoms with Gasteiger partial charge < -0.3 is 50.3 Å². The maximum Gasteiger partial charge on any atom is 0.187 e. The Balaban J connectivity index is 1.82. The van der Waals surface area contributed by atoms with Crippen molar-refractivity contribution in [1.82, 2.24) is 0 Å². The van der Waals surface area contributed by atoms with Crippen LogP contribution in [0.1, 0.15) is 46.5 Å². The highest BCUT2D eigenvalue weighted by Gasteiger charge is 2.60. The summed E-state index contributed by atoms with van der Waals surface area (Å²) in [6.07, 6.45) is -6.78. The summed E-state index contributed by atoms with van der Waals surface area (Å²) in [6, 6.07) is 0. The van der Waals surface area contributed by atoms with Crippen LogP contribution in [0.25, 0.3) is 0 Å². The second-order valence-electron chi connectivity index (χ2n) is 10.3. The molecular weight excluding hydrogens is 412 g/mol. The fourth-order valence-electron chi connectivity index (χ4n) is 5.72. The summed E-state index contributed by atoms with van der Waals surface area (Å²) in [5, 5.41) is 82.1. The summed E-state index contributed by atoms with van der Waals surface area (Å²) >= 11 is 0. The highest BCUT2D eigenvalue weighted by molar-refractivity contribution is 5.10. The number of hydrogen-bond donors (Lipinski definition) is 8. The predicted molar refractivity (Wildman–Crippen MR) is 107 cm³/mol. The summed E-state index contributed by atoms with van der Waals surface area (Å²) in [6.45, 7) is 4.00. The summed E-state index contributed by atoms with van der Waals surface area (Å²) in [4.78, 5) is 0. The standard InChI is InChI=1S/C21H38O10/c1-19(2,31-18-17(27)16(26)15(25)13(8-22)30-18)10-4-5-21(29,9-23)12-7-14(24)20(3,28)11(12)6-10/h10-18,22-29H,4-9H2,1-3H3/t10-,11-,12-,13+,14+,15-,16-,17-,18-,20-,21+/m1/s1. The molecule has 10 nitrogen and oxygen atoms in total. The minimum Gasteiger partial charge on any atom is -0.394 e. The van der Waals surface area contributed by atoms with Gasteiger partial charge in [-0.2, -0.15) is 0 Å². The molecule has 182 valence electrons. The van der Waals surface area contributed by atoms with Gasteiger partial charge in [0.05, 0.1) is 36.1 Å². The van der Waals surface area contributed by atoms with Gasteiger partial charge in [-0.1, -0.05) is 0 Å². The van der Waals surface area contributed by atoms with Crippen molar-refractivity contribution < 1.29 is 50.3 Å². The molecule has 0 spiro atoms. The number of fused-ring (bicyclic) bond motifs is 1. The average Bonchev–Trinajstić information content (AvgIpc) is 2.84. The van der Waals surface area contributed by atoms with Gasteiger partial charge in [-0.05, 0) is 64.2 Å². The van der Waals surface area contributed by atoms with E-state index in [0.717, 1.165) is 0 Å². The molecule has 2 aliphatic carbocycles. The Hall–Kier alpha value is -0.400. The smallest absolute Gasteiger partial charge is 0.187 e. The first-order chi connectivity index (χ1) is 14.3. The van der Waals surface area contributed by atoms with Crippen molar-refractivity contribution in [1.29, 1.82) is 0 Å². The van der Waals surface area contributed by atoms with Gasteiger partial charge >= 0.3 is 0 Å². The fraction of sp³-hybridized carbons (Fsp3) is 1.00. The average molecular weight is 451 g/mol. The molecule has 11 atom stereocenters. The van der Waals surface area contributed by atoms with Crippen LogP contribution in [0.15, 0.2) is 0 Å². The minimum atomic E-state index is -1.56. The van der Waals surface area contributed by atoms with Crippen LogP contribution in [-0.4, -0.2) is 108 Å². The molecule has 0 aromatic heterocycles. The Kier molecular flexibility index (Phi) is 7.12. The van der Waals surface area contributed by atoms with Gasteiger partial charge in [0.15, 0.2) is 6.29 Å². The largest absolute Gasteiger partial charge is 0.394 e. The zero-order valence-corrected chi connectivity index (χ0v) is 18.3. The van der Waals surface area contributed by atoms with Gasteiger partial charge in [0.2, 0.25) is 0 Å². The number of aliphatic hydroxyl groups excluding tert-OH is 6. The van der Waals surface area contributed by atoms with Crippen LogP contribution < -0.4 is 0 Å². The Labute approximate surface area is 182 Å². The molecule has 1 saturated heterocycles. The second-order valence-corrected chi connectivity index (χ2v) is 10.3. The van der Waals surface area contributed by atoms with Crippen molar-refractivity contribution in [3.05, 3.63) is 0 Å². The Morgan fingerprint density at radius 3 is 2.19 bits per heavy atom. The zero-order valence-electron chi connectivity index (χ0n) is 18.3. The minimum absolute atomic E-state index is 0.176. The lowest BCUT2D eigenvalue weighted by Gasteiger charge is -2.45. The summed E-state index contributed by atoms with van der Waals surface area (Å²) < 4.78 is 11.5. The zero-order chi connectivity index (χ0) is 23.4. The molecular formula is C21H38O10. The normalized spacial score (nSPS) is 51.4. The highest BCUT2D eigenvalue weighted by atomic mass is 16.7. The highest BCUT2D eigenvalue weighted by Crippen LogP contribution is 2.54. The molecule has 0 radical (unpaired) electrons. The fourth-order valence-corrected chi connectivity index (χ4v) is 5.72. The third kappa shape index (κ3) is 4.40. The van der Waals surface area contributed by atoms with E-state index in [1.807, 2.05) is 0 Å². The molecule has 1 heterocycles. The van der Waals surface area contributed by atoms with E-state index < -0.39 is 78.7 Å². The van der Waals surface area contributed by atoms with Gasteiger partial charge in [-0.25, -0.2) is 0 Å². The lowest BCUT2D eigenvalue weighted by atomic mass is 9.74. The lowest BCUT2D eigenvalue weighted by molar-refractivity contribution is -0.329. The molecule has 2 saturated carbocycles. The monoisotopic (exact) mass is 450 g/mol. The first-order valence-corrected chi connectivity index (χ1v) is 11.0. The molecule has 8 N–H and O–H groups in total. The second kappa shape index (κ2) is 8.75. The lowest BCUT2D eigenvalue weighted by Crippen LogP contribution is -2.61. The van der Waals surface area contributed by atoms with Crippen LogP contribution in [0.2, 0.25) is 0 Å². The number of ether oxygens (including phenoxy) is 2. The van der Waals surface area contributed by atoms with Crippen LogP contribution in [0.3, 0.4) is 0 Å². The van der Waals surface area contributed by atoms with Gasteiger partial charge in [0.1, 0.15) is 24.4 Å². The molecule has 0 aromatic carbocycles. The molecule has 0 aromatic rings. The van der Waals surface area contributed by atoms with Crippen molar-refractivity contribution in [3.8, 4) is 0 Å². The topological polar surface area (TPSA) is 180 Å². The molecule has 0 amide bonds.